The second-order valence-electron chi connectivity index (χ2n) is 6.75. The van der Waals surface area contributed by atoms with Crippen LogP contribution in [0.2, 0.25) is 0 Å². The molecule has 3 rings (SSSR count). The number of thioether (sulfide) groups is 1. The van der Waals surface area contributed by atoms with Gasteiger partial charge in [0.2, 0.25) is 5.91 Å². The summed E-state index contributed by atoms with van der Waals surface area (Å²) < 4.78 is 5.52. The maximum absolute atomic E-state index is 12.3. The van der Waals surface area contributed by atoms with Crippen LogP contribution in [0.1, 0.15) is 35.2 Å². The molecule has 2 heterocycles. The third kappa shape index (κ3) is 6.00. The van der Waals surface area contributed by atoms with Crippen LogP contribution in [0.25, 0.3) is 0 Å². The molecule has 1 aromatic rings. The molecule has 0 spiro atoms. The fourth-order valence-electron chi connectivity index (χ4n) is 3.18. The van der Waals surface area contributed by atoms with E-state index in [1.807, 2.05) is 30.0 Å². The molecule has 2 aliphatic heterocycles. The van der Waals surface area contributed by atoms with Crippen LogP contribution in [-0.2, 0) is 16.1 Å². The number of hydrogen-bond acceptors (Lipinski definition) is 5. The summed E-state index contributed by atoms with van der Waals surface area (Å²) in [5.74, 6) is 2.03. The molecule has 2 atom stereocenters. The quantitative estimate of drug-likeness (QED) is 0.668. The lowest BCUT2D eigenvalue weighted by atomic mass is 10.1. The Morgan fingerprint density at radius 1 is 1.31 bits per heavy atom. The first-order valence-electron chi connectivity index (χ1n) is 9.27. The van der Waals surface area contributed by atoms with E-state index in [4.69, 9.17) is 4.74 Å². The van der Waals surface area contributed by atoms with E-state index >= 15 is 0 Å². The third-order valence-electron chi connectivity index (χ3n) is 4.62. The first-order valence-corrected chi connectivity index (χ1v) is 10.4. The average Bonchev–Trinajstić information content (AvgIpc) is 3.19. The number of carbonyl (C=O) groups is 2. The van der Waals surface area contributed by atoms with Crippen LogP contribution in [0.4, 0.5) is 0 Å². The second-order valence-corrected chi connectivity index (χ2v) is 7.90. The molecule has 26 heavy (non-hydrogen) atoms. The summed E-state index contributed by atoms with van der Waals surface area (Å²) in [6.07, 6.45) is 2.69. The van der Waals surface area contributed by atoms with Gasteiger partial charge < -0.3 is 20.7 Å². The summed E-state index contributed by atoms with van der Waals surface area (Å²) in [5, 5.41) is 9.24. The average molecular weight is 378 g/mol. The van der Waals surface area contributed by atoms with Crippen LogP contribution < -0.4 is 16.0 Å². The molecular formula is C19H27N3O3S. The number of ether oxygens (including phenoxy) is 1. The number of carbonyl (C=O) groups excluding carboxylic acids is 2. The van der Waals surface area contributed by atoms with Gasteiger partial charge >= 0.3 is 0 Å². The molecule has 0 aliphatic carbocycles. The van der Waals surface area contributed by atoms with Crippen molar-refractivity contribution in [3.05, 3.63) is 35.4 Å². The highest BCUT2D eigenvalue weighted by atomic mass is 32.2. The van der Waals surface area contributed by atoms with E-state index in [-0.39, 0.29) is 24.0 Å². The summed E-state index contributed by atoms with van der Waals surface area (Å²) in [6.45, 7) is 2.73. The topological polar surface area (TPSA) is 79.5 Å². The Morgan fingerprint density at radius 2 is 2.23 bits per heavy atom. The molecule has 0 aromatic heterocycles. The molecule has 0 radical (unpaired) electrons. The number of hydrogen-bond donors (Lipinski definition) is 3. The summed E-state index contributed by atoms with van der Waals surface area (Å²) in [7, 11) is 0. The van der Waals surface area contributed by atoms with Crippen LogP contribution in [-0.4, -0.2) is 55.2 Å². The van der Waals surface area contributed by atoms with Gasteiger partial charge in [-0.05, 0) is 30.5 Å². The van der Waals surface area contributed by atoms with Gasteiger partial charge in [-0.1, -0.05) is 12.1 Å². The second kappa shape index (κ2) is 9.94. The number of rotatable bonds is 7. The zero-order valence-electron chi connectivity index (χ0n) is 15.0. The highest BCUT2D eigenvalue weighted by molar-refractivity contribution is 7.99. The summed E-state index contributed by atoms with van der Waals surface area (Å²) >= 11 is 1.88. The van der Waals surface area contributed by atoms with Gasteiger partial charge in [-0.2, -0.15) is 11.8 Å². The number of benzene rings is 1. The molecule has 3 N–H and O–H groups in total. The number of amides is 2. The molecule has 1 aromatic carbocycles. The van der Waals surface area contributed by atoms with Crippen LogP contribution in [0.3, 0.4) is 0 Å². The van der Waals surface area contributed by atoms with Gasteiger partial charge in [-0.15, -0.1) is 0 Å². The molecule has 0 saturated carbocycles. The van der Waals surface area contributed by atoms with Crippen LogP contribution in [0, 0.1) is 0 Å². The molecule has 2 aliphatic rings. The van der Waals surface area contributed by atoms with Crippen molar-refractivity contribution in [2.75, 3.05) is 31.2 Å². The van der Waals surface area contributed by atoms with Crippen molar-refractivity contribution < 1.29 is 14.3 Å². The molecule has 0 bridgehead atoms. The molecule has 2 unspecified atom stereocenters. The molecule has 2 saturated heterocycles. The smallest absolute Gasteiger partial charge is 0.251 e. The summed E-state index contributed by atoms with van der Waals surface area (Å²) in [6, 6.07) is 7.65. The van der Waals surface area contributed by atoms with E-state index in [1.54, 1.807) is 6.07 Å². The van der Waals surface area contributed by atoms with Gasteiger partial charge in [-0.3, -0.25) is 9.59 Å². The van der Waals surface area contributed by atoms with Gasteiger partial charge in [0.25, 0.3) is 5.91 Å². The van der Waals surface area contributed by atoms with Gasteiger partial charge in [0, 0.05) is 55.8 Å². The Hall–Kier alpha value is -1.57. The predicted octanol–water partition coefficient (Wildman–Crippen LogP) is 1.31. The van der Waals surface area contributed by atoms with E-state index in [0.717, 1.165) is 43.1 Å². The van der Waals surface area contributed by atoms with E-state index in [0.29, 0.717) is 25.1 Å². The minimum Gasteiger partial charge on any atom is -0.376 e. The van der Waals surface area contributed by atoms with E-state index in [1.165, 1.54) is 0 Å². The first kappa shape index (κ1) is 19.2. The standard InChI is InChI=1S/C19H27N3O3S/c23-18(10-16-13-26-8-6-20-16)21-11-14-3-1-4-15(9-14)19(24)22-12-17-5-2-7-25-17/h1,3-4,9,16-17,20H,2,5-8,10-13H2,(H,21,23)(H,22,24). The van der Waals surface area contributed by atoms with Crippen LogP contribution in [0.5, 0.6) is 0 Å². The van der Waals surface area contributed by atoms with Gasteiger partial charge in [0.05, 0.1) is 6.10 Å². The number of nitrogens with one attached hydrogen (secondary N) is 3. The third-order valence-corrected chi connectivity index (χ3v) is 5.75. The molecule has 2 amide bonds. The Balaban J connectivity index is 1.43. The minimum absolute atomic E-state index is 0.0400. The highest BCUT2D eigenvalue weighted by Crippen LogP contribution is 2.12. The SMILES string of the molecule is O=C(CC1CSCCN1)NCc1cccc(C(=O)NCC2CCCO2)c1. The fourth-order valence-corrected chi connectivity index (χ4v) is 4.13. The Bertz CT molecular complexity index is 614. The van der Waals surface area contributed by atoms with Gasteiger partial charge in [0.15, 0.2) is 0 Å². The van der Waals surface area contributed by atoms with Crippen molar-refractivity contribution in [1.29, 1.82) is 0 Å². The lowest BCUT2D eigenvalue weighted by molar-refractivity contribution is -0.121. The van der Waals surface area contributed by atoms with Gasteiger partial charge in [0.1, 0.15) is 0 Å². The van der Waals surface area contributed by atoms with Crippen molar-refractivity contribution in [3.8, 4) is 0 Å². The largest absolute Gasteiger partial charge is 0.376 e. The molecule has 7 heteroatoms. The monoisotopic (exact) mass is 377 g/mol. The normalized spacial score (nSPS) is 22.8. The Morgan fingerprint density at radius 3 is 3.00 bits per heavy atom. The van der Waals surface area contributed by atoms with E-state index in [9.17, 15) is 9.59 Å². The van der Waals surface area contributed by atoms with Crippen molar-refractivity contribution >= 4 is 23.6 Å². The van der Waals surface area contributed by atoms with E-state index in [2.05, 4.69) is 16.0 Å². The maximum atomic E-state index is 12.3. The zero-order valence-corrected chi connectivity index (χ0v) is 15.8. The highest BCUT2D eigenvalue weighted by Gasteiger charge is 2.18. The maximum Gasteiger partial charge on any atom is 0.251 e. The van der Waals surface area contributed by atoms with Crippen molar-refractivity contribution in [2.45, 2.75) is 38.0 Å². The first-order chi connectivity index (χ1) is 12.7. The van der Waals surface area contributed by atoms with Crippen molar-refractivity contribution in [2.24, 2.45) is 0 Å². The van der Waals surface area contributed by atoms with Crippen LogP contribution in [0.15, 0.2) is 24.3 Å². The zero-order chi connectivity index (χ0) is 18.2. The van der Waals surface area contributed by atoms with E-state index < -0.39 is 0 Å². The van der Waals surface area contributed by atoms with Crippen molar-refractivity contribution in [1.82, 2.24) is 16.0 Å². The predicted molar refractivity (Wildman–Crippen MR) is 103 cm³/mol. The Labute approximate surface area is 158 Å². The molecule has 6 nitrogen and oxygen atoms in total. The lowest BCUT2D eigenvalue weighted by Crippen LogP contribution is -2.41. The molecule has 2 fully saturated rings. The summed E-state index contributed by atoms with van der Waals surface area (Å²) in [5.41, 5.74) is 1.54. The van der Waals surface area contributed by atoms with Crippen molar-refractivity contribution in [3.63, 3.8) is 0 Å². The Kier molecular flexibility index (Phi) is 7.34. The summed E-state index contributed by atoms with van der Waals surface area (Å²) in [4.78, 5) is 24.4. The van der Waals surface area contributed by atoms with Crippen LogP contribution >= 0.6 is 11.8 Å². The molecular weight excluding hydrogens is 350 g/mol. The fraction of sp³-hybridized carbons (Fsp3) is 0.579. The minimum atomic E-state index is -0.0999. The van der Waals surface area contributed by atoms with Gasteiger partial charge in [-0.25, -0.2) is 0 Å². The lowest BCUT2D eigenvalue weighted by Gasteiger charge is -2.22. The molecule has 142 valence electrons.